The van der Waals surface area contributed by atoms with E-state index in [2.05, 4.69) is 15.6 Å². The molecule has 3 rings (SSSR count). The number of nitrogens with one attached hydrogen (secondary N) is 2. The zero-order chi connectivity index (χ0) is 23.3. The van der Waals surface area contributed by atoms with E-state index in [1.54, 1.807) is 56.3 Å². The average Bonchev–Trinajstić information content (AvgIpc) is 2.79. The lowest BCUT2D eigenvalue weighted by Gasteiger charge is -2.17. The lowest BCUT2D eigenvalue weighted by atomic mass is 10.2. The van der Waals surface area contributed by atoms with Gasteiger partial charge in [-0.15, -0.1) is 0 Å². The molecule has 1 atom stereocenters. The number of hydrogen-bond donors (Lipinski definition) is 2. The van der Waals surface area contributed by atoms with E-state index in [1.165, 1.54) is 18.8 Å². The third-order valence-electron chi connectivity index (χ3n) is 4.60. The van der Waals surface area contributed by atoms with Crippen molar-refractivity contribution in [2.75, 3.05) is 20.8 Å². The van der Waals surface area contributed by atoms with Crippen molar-refractivity contribution in [2.24, 2.45) is 0 Å². The number of thioether (sulfide) groups is 1. The number of ether oxygens (including phenoxy) is 2. The van der Waals surface area contributed by atoms with Crippen molar-refractivity contribution in [3.05, 3.63) is 52.8 Å². The first-order valence-electron chi connectivity index (χ1n) is 9.89. The first-order chi connectivity index (χ1) is 15.4. The molecule has 0 aliphatic carbocycles. The molecule has 0 aliphatic heterocycles. The van der Waals surface area contributed by atoms with Crippen LogP contribution >= 0.6 is 11.8 Å². The van der Waals surface area contributed by atoms with Crippen LogP contribution in [0.3, 0.4) is 0 Å². The molecule has 0 aliphatic rings. The second-order valence-corrected chi connectivity index (χ2v) is 8.01. The smallest absolute Gasteiger partial charge is 0.321 e. The first kappa shape index (κ1) is 23.1. The van der Waals surface area contributed by atoms with Crippen LogP contribution in [-0.2, 0) is 4.79 Å². The Morgan fingerprint density at radius 2 is 1.84 bits per heavy atom. The Hall–Kier alpha value is -3.53. The standard InChI is InChI=1S/C22H24N4O5S/c1-5-23-21(29)25-19(27)13(2)32-22-24-16-9-7-6-8-15(16)20(28)26(22)14-10-11-17(30-3)18(12-14)31-4/h6-13H,5H2,1-4H3,(H2,23,25,27,29)/t13-/m1/s1. The van der Waals surface area contributed by atoms with Gasteiger partial charge >= 0.3 is 6.03 Å². The van der Waals surface area contributed by atoms with E-state index < -0.39 is 17.2 Å². The molecule has 1 heterocycles. The maximum Gasteiger partial charge on any atom is 0.321 e. The Labute approximate surface area is 189 Å². The molecule has 0 unspecified atom stereocenters. The molecule has 3 aromatic rings. The molecular formula is C22H24N4O5S. The molecule has 32 heavy (non-hydrogen) atoms. The number of fused-ring (bicyclic) bond motifs is 1. The number of imide groups is 1. The Morgan fingerprint density at radius 3 is 2.53 bits per heavy atom. The van der Waals surface area contributed by atoms with Gasteiger partial charge in [0.05, 0.1) is 36.1 Å². The van der Waals surface area contributed by atoms with Crippen molar-refractivity contribution in [1.29, 1.82) is 0 Å². The number of carbonyl (C=O) groups excluding carboxylic acids is 2. The number of para-hydroxylation sites is 1. The van der Waals surface area contributed by atoms with E-state index in [-0.39, 0.29) is 5.56 Å². The minimum atomic E-state index is -0.697. The van der Waals surface area contributed by atoms with E-state index in [9.17, 15) is 14.4 Å². The molecule has 1 aromatic heterocycles. The lowest BCUT2D eigenvalue weighted by molar-refractivity contribution is -0.119. The van der Waals surface area contributed by atoms with Crippen LogP contribution in [0.2, 0.25) is 0 Å². The largest absolute Gasteiger partial charge is 0.493 e. The lowest BCUT2D eigenvalue weighted by Crippen LogP contribution is -2.42. The van der Waals surface area contributed by atoms with Crippen LogP contribution in [0.15, 0.2) is 52.4 Å². The van der Waals surface area contributed by atoms with Crippen LogP contribution in [-0.4, -0.2) is 47.5 Å². The topological polar surface area (TPSA) is 112 Å². The van der Waals surface area contributed by atoms with E-state index in [0.717, 1.165) is 11.8 Å². The number of carbonyl (C=O) groups is 2. The van der Waals surface area contributed by atoms with E-state index in [1.807, 2.05) is 0 Å². The summed E-state index contributed by atoms with van der Waals surface area (Å²) in [4.78, 5) is 42.2. The Kier molecular flexibility index (Phi) is 7.37. The first-order valence-corrected chi connectivity index (χ1v) is 10.8. The summed E-state index contributed by atoms with van der Waals surface area (Å²) < 4.78 is 12.1. The molecule has 0 saturated carbocycles. The fraction of sp³-hybridized carbons (Fsp3) is 0.273. The summed E-state index contributed by atoms with van der Waals surface area (Å²) in [5.41, 5.74) is 0.722. The van der Waals surface area contributed by atoms with Crippen LogP contribution in [0.1, 0.15) is 13.8 Å². The Bertz CT molecular complexity index is 1210. The molecule has 0 bridgehead atoms. The SMILES string of the molecule is CCNC(=O)NC(=O)[C@@H](C)Sc1nc2ccccc2c(=O)n1-c1ccc(OC)c(OC)c1. The number of urea groups is 1. The molecule has 0 saturated heterocycles. The summed E-state index contributed by atoms with van der Waals surface area (Å²) in [6, 6.07) is 11.5. The van der Waals surface area contributed by atoms with Gasteiger partial charge in [-0.3, -0.25) is 19.5 Å². The fourth-order valence-electron chi connectivity index (χ4n) is 3.01. The number of hydrogen-bond acceptors (Lipinski definition) is 7. The summed E-state index contributed by atoms with van der Waals surface area (Å²) in [5, 5.41) is 4.84. The zero-order valence-corrected chi connectivity index (χ0v) is 19.0. The summed E-state index contributed by atoms with van der Waals surface area (Å²) >= 11 is 1.07. The van der Waals surface area contributed by atoms with Crippen molar-refractivity contribution in [2.45, 2.75) is 24.3 Å². The Balaban J connectivity index is 2.09. The van der Waals surface area contributed by atoms with Crippen molar-refractivity contribution in [3.63, 3.8) is 0 Å². The van der Waals surface area contributed by atoms with Crippen LogP contribution in [0.4, 0.5) is 4.79 Å². The van der Waals surface area contributed by atoms with Crippen molar-refractivity contribution in [3.8, 4) is 17.2 Å². The van der Waals surface area contributed by atoms with E-state index in [0.29, 0.717) is 39.8 Å². The van der Waals surface area contributed by atoms with Gasteiger partial charge in [-0.05, 0) is 38.1 Å². The molecule has 3 amide bonds. The molecule has 0 fully saturated rings. The van der Waals surface area contributed by atoms with Crippen LogP contribution in [0, 0.1) is 0 Å². The number of nitrogens with zero attached hydrogens (tertiary/aromatic N) is 2. The summed E-state index contributed by atoms with van der Waals surface area (Å²) in [6.07, 6.45) is 0. The number of rotatable bonds is 7. The van der Waals surface area contributed by atoms with Gasteiger partial charge in [0, 0.05) is 12.6 Å². The molecule has 9 nitrogen and oxygen atoms in total. The number of benzene rings is 2. The highest BCUT2D eigenvalue weighted by molar-refractivity contribution is 8.00. The number of amides is 3. The highest BCUT2D eigenvalue weighted by atomic mass is 32.2. The second-order valence-electron chi connectivity index (χ2n) is 6.70. The van der Waals surface area contributed by atoms with Gasteiger partial charge in [0.1, 0.15) is 0 Å². The molecule has 2 aromatic carbocycles. The number of aromatic nitrogens is 2. The zero-order valence-electron chi connectivity index (χ0n) is 18.2. The maximum absolute atomic E-state index is 13.4. The Morgan fingerprint density at radius 1 is 1.12 bits per heavy atom. The molecule has 10 heteroatoms. The van der Waals surface area contributed by atoms with Gasteiger partial charge in [-0.25, -0.2) is 9.78 Å². The monoisotopic (exact) mass is 456 g/mol. The maximum atomic E-state index is 13.4. The van der Waals surface area contributed by atoms with Gasteiger partial charge < -0.3 is 14.8 Å². The second kappa shape index (κ2) is 10.2. The minimum absolute atomic E-state index is 0.290. The number of methoxy groups -OCH3 is 2. The summed E-state index contributed by atoms with van der Waals surface area (Å²) in [7, 11) is 3.03. The van der Waals surface area contributed by atoms with Gasteiger partial charge in [0.2, 0.25) is 5.91 Å². The third kappa shape index (κ3) is 4.86. The molecule has 0 spiro atoms. The molecule has 2 N–H and O–H groups in total. The van der Waals surface area contributed by atoms with Crippen molar-refractivity contribution in [1.82, 2.24) is 20.2 Å². The van der Waals surface area contributed by atoms with E-state index >= 15 is 0 Å². The van der Waals surface area contributed by atoms with Gasteiger partial charge in [0.25, 0.3) is 5.56 Å². The highest BCUT2D eigenvalue weighted by Gasteiger charge is 2.22. The predicted octanol–water partition coefficient (Wildman–Crippen LogP) is 2.73. The van der Waals surface area contributed by atoms with Crippen LogP contribution in [0.25, 0.3) is 16.6 Å². The van der Waals surface area contributed by atoms with Crippen molar-refractivity contribution < 1.29 is 19.1 Å². The summed E-state index contributed by atoms with van der Waals surface area (Å²) in [6.45, 7) is 3.79. The van der Waals surface area contributed by atoms with Crippen molar-refractivity contribution >= 4 is 34.6 Å². The quantitative estimate of drug-likeness (QED) is 0.415. The molecule has 168 valence electrons. The predicted molar refractivity (Wildman–Crippen MR) is 123 cm³/mol. The van der Waals surface area contributed by atoms with Crippen LogP contribution in [0.5, 0.6) is 11.5 Å². The summed E-state index contributed by atoms with van der Waals surface area (Å²) in [5.74, 6) is 0.465. The normalized spacial score (nSPS) is 11.6. The van der Waals surface area contributed by atoms with E-state index in [4.69, 9.17) is 9.47 Å². The van der Waals surface area contributed by atoms with Gasteiger partial charge in [-0.1, -0.05) is 23.9 Å². The van der Waals surface area contributed by atoms with Gasteiger partial charge in [0.15, 0.2) is 16.7 Å². The molecular weight excluding hydrogens is 432 g/mol. The highest BCUT2D eigenvalue weighted by Crippen LogP contribution is 2.31. The third-order valence-corrected chi connectivity index (χ3v) is 5.65. The minimum Gasteiger partial charge on any atom is -0.493 e. The fourth-order valence-corrected chi connectivity index (χ4v) is 3.94. The van der Waals surface area contributed by atoms with Gasteiger partial charge in [-0.2, -0.15) is 0 Å². The average molecular weight is 457 g/mol. The van der Waals surface area contributed by atoms with Crippen LogP contribution < -0.4 is 25.7 Å². The molecule has 0 radical (unpaired) electrons.